The normalized spacial score (nSPS) is 10.4. The van der Waals surface area contributed by atoms with Crippen molar-refractivity contribution in [3.05, 3.63) is 46.8 Å². The van der Waals surface area contributed by atoms with E-state index in [9.17, 15) is 13.2 Å². The van der Waals surface area contributed by atoms with Gasteiger partial charge in [0.05, 0.1) is 11.6 Å². The molecule has 1 nitrogen and oxygen atoms in total. The van der Waals surface area contributed by atoms with Crippen LogP contribution >= 0.6 is 0 Å². The molecule has 0 aliphatic rings. The van der Waals surface area contributed by atoms with Crippen molar-refractivity contribution >= 4 is 10.8 Å². The van der Waals surface area contributed by atoms with Crippen LogP contribution in [0.25, 0.3) is 10.8 Å². The summed E-state index contributed by atoms with van der Waals surface area (Å²) >= 11 is 0. The monoisotopic (exact) mass is 221 g/mol. The maximum atomic E-state index is 13.4. The zero-order chi connectivity index (χ0) is 11.9. The van der Waals surface area contributed by atoms with Crippen molar-refractivity contribution in [1.29, 1.82) is 5.26 Å². The lowest BCUT2D eigenvalue weighted by atomic mass is 10.0. The molecule has 0 aliphatic carbocycles. The molecule has 2 aromatic carbocycles. The van der Waals surface area contributed by atoms with E-state index < -0.39 is 17.5 Å². The summed E-state index contributed by atoms with van der Waals surface area (Å²) < 4.78 is 39.8. The molecular formula is C12H6F3N. The number of hydrogen-bond acceptors (Lipinski definition) is 1. The molecule has 2 aromatic rings. The van der Waals surface area contributed by atoms with Crippen molar-refractivity contribution in [3.8, 4) is 6.07 Å². The summed E-state index contributed by atoms with van der Waals surface area (Å²) in [7, 11) is 0. The molecule has 0 radical (unpaired) electrons. The Hall–Kier alpha value is -2.02. The molecule has 16 heavy (non-hydrogen) atoms. The topological polar surface area (TPSA) is 23.8 Å². The molecule has 0 aliphatic heterocycles. The lowest BCUT2D eigenvalue weighted by molar-refractivity contribution is 0.505. The van der Waals surface area contributed by atoms with Gasteiger partial charge < -0.3 is 0 Å². The highest BCUT2D eigenvalue weighted by Crippen LogP contribution is 2.27. The first kappa shape index (κ1) is 10.5. The molecule has 80 valence electrons. The largest absolute Gasteiger partial charge is 0.206 e. The highest BCUT2D eigenvalue weighted by molar-refractivity contribution is 5.88. The minimum atomic E-state index is -1.25. The van der Waals surface area contributed by atoms with Crippen LogP contribution in [0.2, 0.25) is 0 Å². The van der Waals surface area contributed by atoms with Crippen LogP contribution < -0.4 is 0 Å². The molecule has 0 saturated heterocycles. The minimum Gasteiger partial charge on any atom is -0.206 e. The number of nitriles is 1. The second-order valence-corrected chi connectivity index (χ2v) is 3.48. The maximum Gasteiger partial charge on any atom is 0.166 e. The van der Waals surface area contributed by atoms with Crippen molar-refractivity contribution < 1.29 is 13.2 Å². The molecule has 0 atom stereocenters. The highest BCUT2D eigenvalue weighted by atomic mass is 19.2. The first-order valence-corrected chi connectivity index (χ1v) is 4.52. The van der Waals surface area contributed by atoms with Crippen LogP contribution in [0.15, 0.2) is 18.2 Å². The molecule has 0 heterocycles. The van der Waals surface area contributed by atoms with E-state index >= 15 is 0 Å². The Morgan fingerprint density at radius 3 is 2.38 bits per heavy atom. The Labute approximate surface area is 89.7 Å². The molecular weight excluding hydrogens is 215 g/mol. The van der Waals surface area contributed by atoms with Crippen LogP contribution in [0, 0.1) is 35.7 Å². The Morgan fingerprint density at radius 2 is 1.75 bits per heavy atom. The number of hydrogen-bond donors (Lipinski definition) is 0. The van der Waals surface area contributed by atoms with Crippen molar-refractivity contribution in [2.45, 2.75) is 6.92 Å². The standard InChI is InChI=1S/C12H6F3N/c1-6-2-7(5-16)3-8-11(6)9(13)4-10(14)12(8)15/h2-4H,1H3. The first-order valence-electron chi connectivity index (χ1n) is 4.52. The molecule has 0 aromatic heterocycles. The van der Waals surface area contributed by atoms with Gasteiger partial charge in [0.1, 0.15) is 5.82 Å². The van der Waals surface area contributed by atoms with E-state index in [1.54, 1.807) is 6.92 Å². The fraction of sp³-hybridized carbons (Fsp3) is 0.0833. The number of nitrogens with zero attached hydrogens (tertiary/aromatic N) is 1. The fourth-order valence-electron chi connectivity index (χ4n) is 1.72. The van der Waals surface area contributed by atoms with E-state index in [0.29, 0.717) is 11.6 Å². The van der Waals surface area contributed by atoms with Crippen LogP contribution in [0.4, 0.5) is 13.2 Å². The van der Waals surface area contributed by atoms with Crippen molar-refractivity contribution in [1.82, 2.24) is 0 Å². The van der Waals surface area contributed by atoms with Crippen LogP contribution in [0.1, 0.15) is 11.1 Å². The van der Waals surface area contributed by atoms with Crippen LogP contribution in [0.5, 0.6) is 0 Å². The summed E-state index contributed by atoms with van der Waals surface area (Å²) in [5.74, 6) is -3.20. The maximum absolute atomic E-state index is 13.4. The summed E-state index contributed by atoms with van der Waals surface area (Å²) in [6.45, 7) is 1.55. The predicted molar refractivity (Wildman–Crippen MR) is 53.3 cm³/mol. The van der Waals surface area contributed by atoms with Gasteiger partial charge in [-0.1, -0.05) is 0 Å². The molecule has 2 rings (SSSR count). The van der Waals surface area contributed by atoms with Crippen molar-refractivity contribution in [3.63, 3.8) is 0 Å². The summed E-state index contributed by atoms with van der Waals surface area (Å²) in [5.41, 5.74) is 0.583. The van der Waals surface area contributed by atoms with E-state index in [1.165, 1.54) is 6.07 Å². The Bertz CT molecular complexity index is 626. The van der Waals surface area contributed by atoms with Crippen LogP contribution in [-0.4, -0.2) is 0 Å². The van der Waals surface area contributed by atoms with Gasteiger partial charge in [-0.15, -0.1) is 0 Å². The molecule has 0 amide bonds. The summed E-state index contributed by atoms with van der Waals surface area (Å²) in [6.07, 6.45) is 0. The lowest BCUT2D eigenvalue weighted by Gasteiger charge is -2.06. The molecule has 0 saturated carbocycles. The van der Waals surface area contributed by atoms with E-state index in [2.05, 4.69) is 0 Å². The number of aryl methyl sites for hydroxylation is 1. The molecule has 0 unspecified atom stereocenters. The molecule has 0 fully saturated rings. The van der Waals surface area contributed by atoms with Gasteiger partial charge in [0, 0.05) is 16.8 Å². The fourth-order valence-corrected chi connectivity index (χ4v) is 1.72. The summed E-state index contributed by atoms with van der Waals surface area (Å²) in [6, 6.07) is 4.90. The van der Waals surface area contributed by atoms with Gasteiger partial charge in [-0.25, -0.2) is 13.2 Å². The third kappa shape index (κ3) is 1.41. The number of benzene rings is 2. The van der Waals surface area contributed by atoms with Crippen LogP contribution in [0.3, 0.4) is 0 Å². The van der Waals surface area contributed by atoms with Gasteiger partial charge in [-0.3, -0.25) is 0 Å². The quantitative estimate of drug-likeness (QED) is 0.625. The number of halogens is 3. The Morgan fingerprint density at radius 1 is 1.06 bits per heavy atom. The zero-order valence-corrected chi connectivity index (χ0v) is 8.31. The van der Waals surface area contributed by atoms with Gasteiger partial charge in [0.15, 0.2) is 11.6 Å². The number of rotatable bonds is 0. The van der Waals surface area contributed by atoms with E-state index in [1.807, 2.05) is 6.07 Å². The second-order valence-electron chi connectivity index (χ2n) is 3.48. The molecule has 0 spiro atoms. The lowest BCUT2D eigenvalue weighted by Crippen LogP contribution is -1.94. The third-order valence-electron chi connectivity index (χ3n) is 2.40. The molecule has 0 N–H and O–H groups in total. The smallest absolute Gasteiger partial charge is 0.166 e. The van der Waals surface area contributed by atoms with Gasteiger partial charge in [-0.05, 0) is 24.6 Å². The average Bonchev–Trinajstić information content (AvgIpc) is 2.24. The van der Waals surface area contributed by atoms with Crippen LogP contribution in [-0.2, 0) is 0 Å². The molecule has 4 heteroatoms. The average molecular weight is 221 g/mol. The van der Waals surface area contributed by atoms with Crippen molar-refractivity contribution in [2.24, 2.45) is 0 Å². The third-order valence-corrected chi connectivity index (χ3v) is 2.40. The van der Waals surface area contributed by atoms with Crippen molar-refractivity contribution in [2.75, 3.05) is 0 Å². The van der Waals surface area contributed by atoms with E-state index in [0.717, 1.165) is 6.07 Å². The zero-order valence-electron chi connectivity index (χ0n) is 8.31. The SMILES string of the molecule is Cc1cc(C#N)cc2c(F)c(F)cc(F)c12. The van der Waals surface area contributed by atoms with Gasteiger partial charge in [-0.2, -0.15) is 5.26 Å². The Balaban J connectivity index is 3.01. The Kier molecular flexibility index (Phi) is 2.31. The minimum absolute atomic E-state index is 0.0119. The van der Waals surface area contributed by atoms with Gasteiger partial charge >= 0.3 is 0 Å². The first-order chi connectivity index (χ1) is 7.54. The van der Waals surface area contributed by atoms with Gasteiger partial charge in [0.25, 0.3) is 0 Å². The predicted octanol–water partition coefficient (Wildman–Crippen LogP) is 3.44. The summed E-state index contributed by atoms with van der Waals surface area (Å²) in [5, 5.41) is 8.50. The summed E-state index contributed by atoms with van der Waals surface area (Å²) in [4.78, 5) is 0. The molecule has 0 bridgehead atoms. The van der Waals surface area contributed by atoms with Gasteiger partial charge in [0.2, 0.25) is 0 Å². The number of fused-ring (bicyclic) bond motifs is 1. The highest BCUT2D eigenvalue weighted by Gasteiger charge is 2.14. The van der Waals surface area contributed by atoms with E-state index in [4.69, 9.17) is 5.26 Å². The van der Waals surface area contributed by atoms with E-state index in [-0.39, 0.29) is 16.3 Å². The second kappa shape index (κ2) is 3.53.